The average molecular weight is 399 g/mol. The van der Waals surface area contributed by atoms with E-state index >= 15 is 0 Å². The minimum atomic E-state index is -0.0545. The molecule has 1 aromatic heterocycles. The second kappa shape index (κ2) is 7.81. The van der Waals surface area contributed by atoms with Crippen LogP contribution in [0.2, 0.25) is 5.02 Å². The highest BCUT2D eigenvalue weighted by Gasteiger charge is 2.22. The molecule has 0 unspecified atom stereocenters. The first kappa shape index (κ1) is 18.8. The van der Waals surface area contributed by atoms with Crippen LogP contribution in [-0.4, -0.2) is 47.0 Å². The molecule has 146 valence electrons. The maximum Gasteiger partial charge on any atom is 0.321 e. The zero-order valence-corrected chi connectivity index (χ0v) is 16.8. The number of benzene rings is 2. The number of carbonyl (C=O) groups is 1. The molecule has 0 atom stereocenters. The first-order valence-corrected chi connectivity index (χ1v) is 9.75. The van der Waals surface area contributed by atoms with Crippen molar-refractivity contribution in [2.75, 3.05) is 31.5 Å². The van der Waals surface area contributed by atoms with Crippen LogP contribution >= 0.6 is 11.6 Å². The van der Waals surface area contributed by atoms with Gasteiger partial charge in [0.25, 0.3) is 0 Å². The zero-order valence-electron chi connectivity index (χ0n) is 16.0. The molecule has 3 aromatic rings. The van der Waals surface area contributed by atoms with Gasteiger partial charge in [-0.25, -0.2) is 9.78 Å². The Hall–Kier alpha value is -2.57. The number of anilines is 1. The molecule has 4 rings (SSSR count). The number of aryl methyl sites for hydroxylation is 2. The van der Waals surface area contributed by atoms with E-state index in [0.29, 0.717) is 30.5 Å². The SMILES string of the molecule is Cc1cc(C)cc(NC(=O)N2CCN(Cc3nc4cc(Cl)ccc4o3)CC2)c1. The minimum Gasteiger partial charge on any atom is -0.439 e. The second-order valence-electron chi connectivity index (χ2n) is 7.29. The first-order valence-electron chi connectivity index (χ1n) is 9.38. The van der Waals surface area contributed by atoms with E-state index in [1.165, 1.54) is 0 Å². The molecule has 0 aliphatic carbocycles. The van der Waals surface area contributed by atoms with Crippen LogP contribution < -0.4 is 5.32 Å². The molecule has 0 bridgehead atoms. The van der Waals surface area contributed by atoms with Crippen LogP contribution in [0.3, 0.4) is 0 Å². The number of nitrogens with zero attached hydrogens (tertiary/aromatic N) is 3. The summed E-state index contributed by atoms with van der Waals surface area (Å²) >= 11 is 6.01. The van der Waals surface area contributed by atoms with E-state index in [2.05, 4.69) is 21.3 Å². The third-order valence-corrected chi connectivity index (χ3v) is 5.12. The van der Waals surface area contributed by atoms with Gasteiger partial charge in [0, 0.05) is 36.9 Å². The lowest BCUT2D eigenvalue weighted by molar-refractivity contribution is 0.136. The van der Waals surface area contributed by atoms with Gasteiger partial charge in [-0.3, -0.25) is 4.90 Å². The van der Waals surface area contributed by atoms with Crippen molar-refractivity contribution >= 4 is 34.4 Å². The maximum absolute atomic E-state index is 12.6. The zero-order chi connectivity index (χ0) is 19.7. The predicted molar refractivity (Wildman–Crippen MR) is 111 cm³/mol. The molecule has 2 amide bonds. The van der Waals surface area contributed by atoms with E-state index in [4.69, 9.17) is 16.0 Å². The molecule has 1 aliphatic rings. The lowest BCUT2D eigenvalue weighted by Gasteiger charge is -2.34. The topological polar surface area (TPSA) is 61.6 Å². The molecular formula is C21H23ClN4O2. The highest BCUT2D eigenvalue weighted by molar-refractivity contribution is 6.31. The van der Waals surface area contributed by atoms with Gasteiger partial charge >= 0.3 is 6.03 Å². The number of halogens is 1. The number of piperazine rings is 1. The average Bonchev–Trinajstić information content (AvgIpc) is 3.02. The summed E-state index contributed by atoms with van der Waals surface area (Å²) in [6.07, 6.45) is 0. The summed E-state index contributed by atoms with van der Waals surface area (Å²) in [5.74, 6) is 0.672. The number of oxazole rings is 1. The second-order valence-corrected chi connectivity index (χ2v) is 7.73. The monoisotopic (exact) mass is 398 g/mol. The molecule has 6 nitrogen and oxygen atoms in total. The van der Waals surface area contributed by atoms with E-state index in [1.54, 1.807) is 12.1 Å². The van der Waals surface area contributed by atoms with Crippen molar-refractivity contribution in [3.05, 3.63) is 58.4 Å². The number of amides is 2. The molecule has 2 aromatic carbocycles. The predicted octanol–water partition coefficient (Wildman–Crippen LogP) is 4.45. The normalized spacial score (nSPS) is 15.2. The van der Waals surface area contributed by atoms with Crippen molar-refractivity contribution < 1.29 is 9.21 Å². The number of aromatic nitrogens is 1. The molecule has 2 heterocycles. The molecule has 1 N–H and O–H groups in total. The van der Waals surface area contributed by atoms with Gasteiger partial charge in [-0.2, -0.15) is 0 Å². The van der Waals surface area contributed by atoms with E-state index in [9.17, 15) is 4.79 Å². The van der Waals surface area contributed by atoms with Crippen molar-refractivity contribution in [3.63, 3.8) is 0 Å². The highest BCUT2D eigenvalue weighted by atomic mass is 35.5. The van der Waals surface area contributed by atoms with Gasteiger partial charge in [-0.1, -0.05) is 17.7 Å². The van der Waals surface area contributed by atoms with Crippen LogP contribution in [0, 0.1) is 13.8 Å². The summed E-state index contributed by atoms with van der Waals surface area (Å²) in [5.41, 5.74) is 4.63. The van der Waals surface area contributed by atoms with Crippen LogP contribution in [0.1, 0.15) is 17.0 Å². The summed E-state index contributed by atoms with van der Waals surface area (Å²) < 4.78 is 5.80. The number of urea groups is 1. The number of carbonyl (C=O) groups excluding carboxylic acids is 1. The standard InChI is InChI=1S/C21H23ClN4O2/c1-14-9-15(2)11-17(10-14)23-21(27)26-7-5-25(6-8-26)13-20-24-18-12-16(22)3-4-19(18)28-20/h3-4,9-12H,5-8,13H2,1-2H3,(H,23,27). The van der Waals surface area contributed by atoms with Crippen LogP contribution in [0.25, 0.3) is 11.1 Å². The van der Waals surface area contributed by atoms with E-state index < -0.39 is 0 Å². The Morgan fingerprint density at radius 2 is 1.82 bits per heavy atom. The molecule has 0 saturated carbocycles. The van der Waals surface area contributed by atoms with Gasteiger partial charge in [0.05, 0.1) is 6.54 Å². The Kier molecular flexibility index (Phi) is 5.24. The third kappa shape index (κ3) is 4.29. The Morgan fingerprint density at radius 3 is 2.54 bits per heavy atom. The van der Waals surface area contributed by atoms with Gasteiger partial charge in [0.1, 0.15) is 5.52 Å². The molecule has 0 radical (unpaired) electrons. The Balaban J connectivity index is 1.32. The fourth-order valence-electron chi connectivity index (χ4n) is 3.57. The number of fused-ring (bicyclic) bond motifs is 1. The van der Waals surface area contributed by atoms with E-state index in [0.717, 1.165) is 41.0 Å². The van der Waals surface area contributed by atoms with Crippen LogP contribution in [0.15, 0.2) is 40.8 Å². The number of rotatable bonds is 3. The van der Waals surface area contributed by atoms with Crippen LogP contribution in [-0.2, 0) is 6.54 Å². The van der Waals surface area contributed by atoms with E-state index in [-0.39, 0.29) is 6.03 Å². The molecule has 1 saturated heterocycles. The minimum absolute atomic E-state index is 0.0545. The van der Waals surface area contributed by atoms with Crippen LogP contribution in [0.4, 0.5) is 10.5 Å². The van der Waals surface area contributed by atoms with Crippen molar-refractivity contribution in [2.45, 2.75) is 20.4 Å². The van der Waals surface area contributed by atoms with Gasteiger partial charge in [0.2, 0.25) is 5.89 Å². The first-order chi connectivity index (χ1) is 13.5. The highest BCUT2D eigenvalue weighted by Crippen LogP contribution is 2.21. The Morgan fingerprint density at radius 1 is 1.11 bits per heavy atom. The van der Waals surface area contributed by atoms with Crippen molar-refractivity contribution in [3.8, 4) is 0 Å². The van der Waals surface area contributed by atoms with Crippen LogP contribution in [0.5, 0.6) is 0 Å². The molecule has 28 heavy (non-hydrogen) atoms. The molecule has 7 heteroatoms. The molecule has 1 fully saturated rings. The largest absolute Gasteiger partial charge is 0.439 e. The quantitative estimate of drug-likeness (QED) is 0.708. The smallest absolute Gasteiger partial charge is 0.321 e. The van der Waals surface area contributed by atoms with Gasteiger partial charge in [0.15, 0.2) is 5.58 Å². The van der Waals surface area contributed by atoms with Crippen molar-refractivity contribution in [1.29, 1.82) is 0 Å². The lowest BCUT2D eigenvalue weighted by Crippen LogP contribution is -2.49. The Bertz CT molecular complexity index is 989. The summed E-state index contributed by atoms with van der Waals surface area (Å²) in [5, 5.41) is 3.65. The summed E-state index contributed by atoms with van der Waals surface area (Å²) in [4.78, 5) is 21.2. The number of hydrogen-bond donors (Lipinski definition) is 1. The maximum atomic E-state index is 12.6. The fraction of sp³-hybridized carbons (Fsp3) is 0.333. The van der Waals surface area contributed by atoms with Crippen molar-refractivity contribution in [1.82, 2.24) is 14.8 Å². The van der Waals surface area contributed by atoms with Gasteiger partial charge < -0.3 is 14.6 Å². The van der Waals surface area contributed by atoms with Gasteiger partial charge in [-0.05, 0) is 55.3 Å². The fourth-order valence-corrected chi connectivity index (χ4v) is 3.73. The van der Waals surface area contributed by atoms with Gasteiger partial charge in [-0.15, -0.1) is 0 Å². The lowest BCUT2D eigenvalue weighted by atomic mass is 10.1. The molecule has 0 spiro atoms. The third-order valence-electron chi connectivity index (χ3n) is 4.89. The Labute approximate surface area is 169 Å². The summed E-state index contributed by atoms with van der Waals surface area (Å²) in [6.45, 7) is 7.58. The van der Waals surface area contributed by atoms with E-state index in [1.807, 2.05) is 36.9 Å². The number of hydrogen-bond acceptors (Lipinski definition) is 4. The summed E-state index contributed by atoms with van der Waals surface area (Å²) in [6, 6.07) is 11.4. The van der Waals surface area contributed by atoms with Crippen molar-refractivity contribution in [2.24, 2.45) is 0 Å². The molecular weight excluding hydrogens is 376 g/mol. The number of nitrogens with one attached hydrogen (secondary N) is 1. The summed E-state index contributed by atoms with van der Waals surface area (Å²) in [7, 11) is 0. The molecule has 1 aliphatic heterocycles.